The summed E-state index contributed by atoms with van der Waals surface area (Å²) in [6.45, 7) is 4.28. The zero-order valence-corrected chi connectivity index (χ0v) is 11.8. The van der Waals surface area contributed by atoms with Gasteiger partial charge in [-0.15, -0.1) is 15.3 Å². The number of nitrogens with one attached hydrogen (secondary N) is 1. The van der Waals surface area contributed by atoms with Crippen LogP contribution in [0, 0.1) is 0 Å². The Morgan fingerprint density at radius 1 is 1.19 bits per heavy atom. The van der Waals surface area contributed by atoms with Crippen molar-refractivity contribution >= 4 is 11.5 Å². The van der Waals surface area contributed by atoms with Gasteiger partial charge < -0.3 is 11.1 Å². The van der Waals surface area contributed by atoms with Crippen molar-refractivity contribution in [3.8, 4) is 0 Å². The van der Waals surface area contributed by atoms with E-state index in [4.69, 9.17) is 5.73 Å². The smallest absolute Gasteiger partial charge is 0.362 e. The molecule has 0 spiro atoms. The second-order valence-electron chi connectivity index (χ2n) is 4.83. The zero-order valence-electron chi connectivity index (χ0n) is 11.8. The summed E-state index contributed by atoms with van der Waals surface area (Å²) in [5.74, 6) is -0.838. The first kappa shape index (κ1) is 15.5. The Morgan fingerprint density at radius 3 is 2.38 bits per heavy atom. The summed E-state index contributed by atoms with van der Waals surface area (Å²) in [5, 5.41) is 13.7. The van der Waals surface area contributed by atoms with E-state index in [1.165, 1.54) is 6.07 Å². The van der Waals surface area contributed by atoms with Crippen molar-refractivity contribution in [1.82, 2.24) is 19.8 Å². The summed E-state index contributed by atoms with van der Waals surface area (Å²) < 4.78 is 39.1. The van der Waals surface area contributed by atoms with Crippen LogP contribution in [0.1, 0.15) is 32.5 Å². The molecule has 0 saturated carbocycles. The third-order valence-corrected chi connectivity index (χ3v) is 3.65. The van der Waals surface area contributed by atoms with Gasteiger partial charge in [0.25, 0.3) is 5.82 Å². The molecule has 0 amide bonds. The maximum Gasteiger partial charge on any atom is 0.453 e. The van der Waals surface area contributed by atoms with E-state index >= 15 is 0 Å². The Morgan fingerprint density at radius 2 is 1.86 bits per heavy atom. The van der Waals surface area contributed by atoms with Gasteiger partial charge in [-0.25, -0.2) is 0 Å². The summed E-state index contributed by atoms with van der Waals surface area (Å²) in [4.78, 5) is 0. The fourth-order valence-corrected chi connectivity index (χ4v) is 2.07. The molecule has 116 valence electrons. The normalized spacial score (nSPS) is 12.9. The van der Waals surface area contributed by atoms with Crippen molar-refractivity contribution < 1.29 is 13.2 Å². The molecular weight excluding hydrogens is 285 g/mol. The highest BCUT2D eigenvalue weighted by atomic mass is 19.4. The number of fused-ring (bicyclic) bond motifs is 1. The number of halogens is 3. The number of alkyl halides is 3. The largest absolute Gasteiger partial charge is 0.453 e. The van der Waals surface area contributed by atoms with E-state index in [-0.39, 0.29) is 5.65 Å². The molecule has 0 fully saturated rings. The lowest BCUT2D eigenvalue weighted by molar-refractivity contribution is -0.146. The lowest BCUT2D eigenvalue weighted by Gasteiger charge is -2.31. The SMILES string of the molecule is CCC(CC)(CN)Nc1ccc2nnc(C(F)(F)F)n2n1. The minimum absolute atomic E-state index is 0.0409. The van der Waals surface area contributed by atoms with Crippen LogP contribution in [-0.4, -0.2) is 31.9 Å². The van der Waals surface area contributed by atoms with Gasteiger partial charge in [-0.2, -0.15) is 17.7 Å². The van der Waals surface area contributed by atoms with Crippen molar-refractivity contribution in [3.05, 3.63) is 18.0 Å². The Hall–Kier alpha value is -1.90. The first-order chi connectivity index (χ1) is 9.85. The molecule has 0 unspecified atom stereocenters. The van der Waals surface area contributed by atoms with E-state index in [0.29, 0.717) is 16.9 Å². The predicted molar refractivity (Wildman–Crippen MR) is 71.8 cm³/mol. The van der Waals surface area contributed by atoms with Gasteiger partial charge in [-0.3, -0.25) is 0 Å². The summed E-state index contributed by atoms with van der Waals surface area (Å²) in [6, 6.07) is 3.00. The summed E-state index contributed by atoms with van der Waals surface area (Å²) in [7, 11) is 0. The quantitative estimate of drug-likeness (QED) is 0.883. The van der Waals surface area contributed by atoms with Gasteiger partial charge in [-0.05, 0) is 25.0 Å². The Bertz CT molecular complexity index is 609. The minimum atomic E-state index is -4.61. The molecule has 21 heavy (non-hydrogen) atoms. The van der Waals surface area contributed by atoms with E-state index in [2.05, 4.69) is 20.6 Å². The average molecular weight is 302 g/mol. The number of anilines is 1. The Kier molecular flexibility index (Phi) is 4.04. The molecule has 2 aromatic rings. The molecule has 0 radical (unpaired) electrons. The fourth-order valence-electron chi connectivity index (χ4n) is 2.07. The Labute approximate surface area is 119 Å². The van der Waals surface area contributed by atoms with Crippen molar-refractivity contribution in [2.45, 2.75) is 38.4 Å². The first-order valence-electron chi connectivity index (χ1n) is 6.63. The lowest BCUT2D eigenvalue weighted by atomic mass is 9.93. The molecule has 6 nitrogen and oxygen atoms in total. The molecule has 2 heterocycles. The molecule has 0 bridgehead atoms. The van der Waals surface area contributed by atoms with Gasteiger partial charge >= 0.3 is 6.18 Å². The maximum atomic E-state index is 12.8. The van der Waals surface area contributed by atoms with E-state index < -0.39 is 17.5 Å². The van der Waals surface area contributed by atoms with Crippen LogP contribution in [0.5, 0.6) is 0 Å². The van der Waals surface area contributed by atoms with Crippen LogP contribution < -0.4 is 11.1 Å². The Balaban J connectivity index is 2.43. The van der Waals surface area contributed by atoms with Gasteiger partial charge in [-0.1, -0.05) is 13.8 Å². The van der Waals surface area contributed by atoms with Gasteiger partial charge in [0.15, 0.2) is 5.65 Å². The highest BCUT2D eigenvalue weighted by Crippen LogP contribution is 2.28. The van der Waals surface area contributed by atoms with Crippen LogP contribution in [0.4, 0.5) is 19.0 Å². The molecular formula is C12H17F3N6. The second-order valence-corrected chi connectivity index (χ2v) is 4.83. The van der Waals surface area contributed by atoms with E-state index in [1.54, 1.807) is 6.07 Å². The van der Waals surface area contributed by atoms with E-state index in [0.717, 1.165) is 12.8 Å². The molecule has 0 saturated heterocycles. The van der Waals surface area contributed by atoms with Gasteiger partial charge in [0.1, 0.15) is 5.82 Å². The van der Waals surface area contributed by atoms with Crippen LogP contribution in [0.3, 0.4) is 0 Å². The molecule has 0 aliphatic carbocycles. The van der Waals surface area contributed by atoms with E-state index in [1.807, 2.05) is 13.8 Å². The number of aromatic nitrogens is 4. The van der Waals surface area contributed by atoms with Gasteiger partial charge in [0.05, 0.1) is 5.54 Å². The van der Waals surface area contributed by atoms with Gasteiger partial charge in [0, 0.05) is 6.54 Å². The summed E-state index contributed by atoms with van der Waals surface area (Å²) >= 11 is 0. The van der Waals surface area contributed by atoms with Crippen molar-refractivity contribution in [3.63, 3.8) is 0 Å². The van der Waals surface area contributed by atoms with Crippen LogP contribution >= 0.6 is 0 Å². The lowest BCUT2D eigenvalue weighted by Crippen LogP contribution is -2.44. The summed E-state index contributed by atoms with van der Waals surface area (Å²) in [5.41, 5.74) is 5.41. The van der Waals surface area contributed by atoms with E-state index in [9.17, 15) is 13.2 Å². The summed E-state index contributed by atoms with van der Waals surface area (Å²) in [6.07, 6.45) is -3.15. The first-order valence-corrected chi connectivity index (χ1v) is 6.63. The monoisotopic (exact) mass is 302 g/mol. The third kappa shape index (κ3) is 2.92. The van der Waals surface area contributed by atoms with Crippen LogP contribution in [0.15, 0.2) is 12.1 Å². The second kappa shape index (κ2) is 5.47. The molecule has 3 N–H and O–H groups in total. The number of hydrogen-bond acceptors (Lipinski definition) is 5. The highest BCUT2D eigenvalue weighted by Gasteiger charge is 2.37. The highest BCUT2D eigenvalue weighted by molar-refractivity contribution is 5.45. The topological polar surface area (TPSA) is 81.1 Å². The average Bonchev–Trinajstić information content (AvgIpc) is 2.88. The third-order valence-electron chi connectivity index (χ3n) is 3.65. The number of nitrogens with zero attached hydrogens (tertiary/aromatic N) is 4. The molecule has 9 heteroatoms. The van der Waals surface area contributed by atoms with Crippen LogP contribution in [0.2, 0.25) is 0 Å². The fraction of sp³-hybridized carbons (Fsp3) is 0.583. The molecule has 2 aromatic heterocycles. The molecule has 0 aliphatic rings. The number of hydrogen-bond donors (Lipinski definition) is 2. The van der Waals surface area contributed by atoms with Crippen molar-refractivity contribution in [2.24, 2.45) is 5.73 Å². The van der Waals surface area contributed by atoms with Crippen LogP contribution in [0.25, 0.3) is 5.65 Å². The van der Waals surface area contributed by atoms with Gasteiger partial charge in [0.2, 0.25) is 0 Å². The molecule has 2 rings (SSSR count). The standard InChI is InChI=1S/C12H17F3N6/c1-3-11(4-2,7-16)17-8-5-6-9-18-19-10(12(13,14)15)21(9)20-8/h5-6H,3-4,7,16H2,1-2H3,(H,17,20). The predicted octanol–water partition coefficient (Wildman–Crippen LogP) is 2.07. The van der Waals surface area contributed by atoms with Crippen molar-refractivity contribution in [1.29, 1.82) is 0 Å². The zero-order chi connectivity index (χ0) is 15.7. The number of nitrogens with two attached hydrogens (primary N) is 1. The molecule has 0 aromatic carbocycles. The molecule has 0 aliphatic heterocycles. The minimum Gasteiger partial charge on any atom is -0.362 e. The van der Waals surface area contributed by atoms with Crippen LogP contribution in [-0.2, 0) is 6.18 Å². The maximum absolute atomic E-state index is 12.8. The van der Waals surface area contributed by atoms with Crippen molar-refractivity contribution in [2.75, 3.05) is 11.9 Å². The molecule has 0 atom stereocenters. The number of rotatable bonds is 5.